The third kappa shape index (κ3) is 4.98. The third-order valence-corrected chi connectivity index (χ3v) is 6.43. The van der Waals surface area contributed by atoms with Crippen LogP contribution in [0.2, 0.25) is 0 Å². The van der Waals surface area contributed by atoms with Crippen LogP contribution < -0.4 is 21.1 Å². The van der Waals surface area contributed by atoms with Crippen LogP contribution in [0.5, 0.6) is 0 Å². The highest BCUT2D eigenvalue weighted by molar-refractivity contribution is 7.22. The van der Waals surface area contributed by atoms with Crippen LogP contribution in [0.1, 0.15) is 31.9 Å². The predicted molar refractivity (Wildman–Crippen MR) is 120 cm³/mol. The van der Waals surface area contributed by atoms with Crippen molar-refractivity contribution in [2.45, 2.75) is 39.3 Å². The zero-order valence-electron chi connectivity index (χ0n) is 17.9. The molecule has 2 amide bonds. The zero-order valence-corrected chi connectivity index (χ0v) is 18.7. The van der Waals surface area contributed by atoms with Gasteiger partial charge in [-0.2, -0.15) is 4.98 Å². The van der Waals surface area contributed by atoms with Crippen LogP contribution in [0.15, 0.2) is 33.9 Å². The van der Waals surface area contributed by atoms with Crippen LogP contribution in [0.4, 0.5) is 5.13 Å². The van der Waals surface area contributed by atoms with Crippen molar-refractivity contribution in [1.82, 2.24) is 25.2 Å². The smallest absolute Gasteiger partial charge is 0.273 e. The van der Waals surface area contributed by atoms with E-state index in [0.717, 1.165) is 25.8 Å². The minimum absolute atomic E-state index is 0.0682. The molecule has 0 aromatic carbocycles. The number of hydrogen-bond donors (Lipinski definition) is 2. The summed E-state index contributed by atoms with van der Waals surface area (Å²) in [5, 5.41) is 6.36. The third-order valence-electron chi connectivity index (χ3n) is 5.34. The first-order valence-corrected chi connectivity index (χ1v) is 11.5. The van der Waals surface area contributed by atoms with Gasteiger partial charge in [-0.1, -0.05) is 18.3 Å². The first-order valence-electron chi connectivity index (χ1n) is 10.7. The minimum atomic E-state index is -0.314. The standard InChI is InChI=1S/C21H26N6O4S/c1-2-7-22-19(29)14-5-3-8-26(11-14)21-25-18-17(32-21)20(30)27(13-24-18)12-16(28)23-10-15-6-4-9-31-15/h4,6,9,13-14H,2-3,5,7-8,10-12H2,1H3,(H,22,29)(H,23,28)/t14-/m0/s1. The Bertz CT molecular complexity index is 1140. The van der Waals surface area contributed by atoms with Crippen LogP contribution in [0.3, 0.4) is 0 Å². The minimum Gasteiger partial charge on any atom is -0.467 e. The highest BCUT2D eigenvalue weighted by Crippen LogP contribution is 2.29. The molecule has 170 valence electrons. The van der Waals surface area contributed by atoms with Crippen LogP contribution in [0.25, 0.3) is 10.3 Å². The molecule has 3 aromatic heterocycles. The first-order chi connectivity index (χ1) is 15.5. The molecule has 0 radical (unpaired) electrons. The summed E-state index contributed by atoms with van der Waals surface area (Å²) in [6.45, 7) is 4.16. The molecule has 0 spiro atoms. The topological polar surface area (TPSA) is 122 Å². The Morgan fingerprint density at radius 3 is 3.00 bits per heavy atom. The van der Waals surface area contributed by atoms with E-state index in [1.165, 1.54) is 28.5 Å². The zero-order chi connectivity index (χ0) is 22.5. The molecule has 1 aliphatic rings. The number of rotatable bonds is 8. The average molecular weight is 459 g/mol. The van der Waals surface area contributed by atoms with Gasteiger partial charge in [0.15, 0.2) is 10.8 Å². The maximum Gasteiger partial charge on any atom is 0.273 e. The molecule has 3 aromatic rings. The number of nitrogens with one attached hydrogen (secondary N) is 2. The lowest BCUT2D eigenvalue weighted by molar-refractivity contribution is -0.125. The number of amides is 2. The number of thiazole rings is 1. The van der Waals surface area contributed by atoms with Gasteiger partial charge < -0.3 is 20.0 Å². The summed E-state index contributed by atoms with van der Waals surface area (Å²) in [4.78, 5) is 48.3. The van der Waals surface area contributed by atoms with E-state index in [2.05, 4.69) is 20.6 Å². The molecule has 1 atom stereocenters. The second kappa shape index (κ2) is 9.94. The number of piperidine rings is 1. The molecule has 10 nitrogen and oxygen atoms in total. The van der Waals surface area contributed by atoms with Crippen molar-refractivity contribution >= 4 is 38.6 Å². The molecule has 0 unspecified atom stereocenters. The summed E-state index contributed by atoms with van der Waals surface area (Å²) in [6.07, 6.45) is 5.51. The summed E-state index contributed by atoms with van der Waals surface area (Å²) in [5.41, 5.74) is 0.0564. The SMILES string of the molecule is CCCNC(=O)[C@H]1CCCN(c2nc3ncn(CC(=O)NCc4ccco4)c(=O)c3s2)C1. The molecule has 1 saturated heterocycles. The van der Waals surface area contributed by atoms with E-state index in [9.17, 15) is 14.4 Å². The van der Waals surface area contributed by atoms with Crippen molar-refractivity contribution < 1.29 is 14.0 Å². The quantitative estimate of drug-likeness (QED) is 0.524. The highest BCUT2D eigenvalue weighted by Gasteiger charge is 2.27. The molecule has 4 rings (SSSR count). The fourth-order valence-corrected chi connectivity index (χ4v) is 4.65. The van der Waals surface area contributed by atoms with Gasteiger partial charge in [-0.15, -0.1) is 0 Å². The summed E-state index contributed by atoms with van der Waals surface area (Å²) < 4.78 is 6.86. The van der Waals surface area contributed by atoms with Crippen LogP contribution in [-0.2, 0) is 22.7 Å². The van der Waals surface area contributed by atoms with Crippen molar-refractivity contribution in [3.8, 4) is 0 Å². The molecular formula is C21H26N6O4S. The number of carbonyl (C=O) groups is 2. The second-order valence-corrected chi connectivity index (χ2v) is 8.74. The van der Waals surface area contributed by atoms with E-state index >= 15 is 0 Å². The largest absolute Gasteiger partial charge is 0.467 e. The summed E-state index contributed by atoms with van der Waals surface area (Å²) in [7, 11) is 0. The van der Waals surface area contributed by atoms with Gasteiger partial charge >= 0.3 is 0 Å². The van der Waals surface area contributed by atoms with E-state index < -0.39 is 0 Å². The molecule has 1 fully saturated rings. The Kier molecular flexibility index (Phi) is 6.84. The van der Waals surface area contributed by atoms with Gasteiger partial charge in [-0.05, 0) is 31.4 Å². The van der Waals surface area contributed by atoms with Gasteiger partial charge in [0.25, 0.3) is 5.56 Å². The summed E-state index contributed by atoms with van der Waals surface area (Å²) >= 11 is 1.26. The van der Waals surface area contributed by atoms with E-state index in [-0.39, 0.29) is 36.4 Å². The van der Waals surface area contributed by atoms with Crippen molar-refractivity contribution in [1.29, 1.82) is 0 Å². The molecule has 2 N–H and O–H groups in total. The predicted octanol–water partition coefficient (Wildman–Crippen LogP) is 1.50. The molecule has 11 heteroatoms. The maximum absolute atomic E-state index is 12.9. The van der Waals surface area contributed by atoms with E-state index in [4.69, 9.17) is 4.42 Å². The van der Waals surface area contributed by atoms with Crippen molar-refractivity contribution in [2.75, 3.05) is 24.5 Å². The lowest BCUT2D eigenvalue weighted by Crippen LogP contribution is -2.43. The van der Waals surface area contributed by atoms with Gasteiger partial charge in [0.2, 0.25) is 11.8 Å². The summed E-state index contributed by atoms with van der Waals surface area (Å²) in [5.74, 6) is 0.296. The van der Waals surface area contributed by atoms with Gasteiger partial charge in [0.05, 0.1) is 18.7 Å². The molecule has 1 aliphatic heterocycles. The first kappa shape index (κ1) is 22.0. The maximum atomic E-state index is 12.9. The lowest BCUT2D eigenvalue weighted by atomic mass is 9.97. The Morgan fingerprint density at radius 1 is 1.34 bits per heavy atom. The van der Waals surface area contributed by atoms with Crippen LogP contribution in [0, 0.1) is 5.92 Å². The fraction of sp³-hybridized carbons (Fsp3) is 0.476. The van der Waals surface area contributed by atoms with Gasteiger partial charge in [-0.3, -0.25) is 19.0 Å². The second-order valence-electron chi connectivity index (χ2n) is 7.76. The van der Waals surface area contributed by atoms with Crippen LogP contribution >= 0.6 is 11.3 Å². The molecular weight excluding hydrogens is 432 g/mol. The Balaban J connectivity index is 1.45. The van der Waals surface area contributed by atoms with Crippen molar-refractivity contribution in [3.63, 3.8) is 0 Å². The van der Waals surface area contributed by atoms with E-state index in [1.54, 1.807) is 12.1 Å². The van der Waals surface area contributed by atoms with E-state index in [0.29, 0.717) is 34.3 Å². The van der Waals surface area contributed by atoms with Crippen molar-refractivity contribution in [3.05, 3.63) is 40.8 Å². The number of nitrogens with zero attached hydrogens (tertiary/aromatic N) is 4. The molecule has 0 saturated carbocycles. The molecule has 4 heterocycles. The van der Waals surface area contributed by atoms with Crippen LogP contribution in [-0.4, -0.2) is 46.0 Å². The number of fused-ring (bicyclic) bond motifs is 1. The highest BCUT2D eigenvalue weighted by atomic mass is 32.1. The fourth-order valence-electron chi connectivity index (χ4n) is 3.65. The van der Waals surface area contributed by atoms with E-state index in [1.807, 2.05) is 11.8 Å². The number of hydrogen-bond acceptors (Lipinski definition) is 8. The number of furan rings is 1. The number of aromatic nitrogens is 3. The van der Waals surface area contributed by atoms with Gasteiger partial charge in [0, 0.05) is 19.6 Å². The molecule has 32 heavy (non-hydrogen) atoms. The monoisotopic (exact) mass is 458 g/mol. The Labute approximate surface area is 188 Å². The number of anilines is 1. The molecule has 0 aliphatic carbocycles. The summed E-state index contributed by atoms with van der Waals surface area (Å²) in [6, 6.07) is 3.50. The van der Waals surface area contributed by atoms with Crippen molar-refractivity contribution in [2.24, 2.45) is 5.92 Å². The van der Waals surface area contributed by atoms with Gasteiger partial charge in [0.1, 0.15) is 23.3 Å². The Hall–Kier alpha value is -3.21. The van der Waals surface area contributed by atoms with Gasteiger partial charge in [-0.25, -0.2) is 4.98 Å². The lowest BCUT2D eigenvalue weighted by Gasteiger charge is -2.31. The number of carbonyl (C=O) groups excluding carboxylic acids is 2. The normalized spacial score (nSPS) is 16.3. The Morgan fingerprint density at radius 2 is 2.22 bits per heavy atom. The average Bonchev–Trinajstić information content (AvgIpc) is 3.48. The molecule has 0 bridgehead atoms.